The Labute approximate surface area is 204 Å². The number of carbonyl (C=O) groups is 1. The highest BCUT2D eigenvalue weighted by molar-refractivity contribution is 6.36. The van der Waals surface area contributed by atoms with E-state index in [4.69, 9.17) is 18.1 Å². The van der Waals surface area contributed by atoms with Gasteiger partial charge < -0.3 is 15.5 Å². The zero-order valence-corrected chi connectivity index (χ0v) is 19.1. The molecule has 0 bridgehead atoms. The predicted octanol–water partition coefficient (Wildman–Crippen LogP) is 2.81. The number of hydrogen-bond acceptors (Lipinski definition) is 6. The van der Waals surface area contributed by atoms with Gasteiger partial charge in [0, 0.05) is 61.6 Å². The molecule has 1 aromatic carbocycles. The van der Waals surface area contributed by atoms with Crippen molar-refractivity contribution in [2.24, 2.45) is 0 Å². The van der Waals surface area contributed by atoms with E-state index in [1.807, 2.05) is 29.3 Å². The van der Waals surface area contributed by atoms with Crippen LogP contribution >= 0.6 is 0 Å². The second-order valence-electron chi connectivity index (χ2n) is 8.50. The molecule has 10 heteroatoms. The van der Waals surface area contributed by atoms with Crippen molar-refractivity contribution in [3.63, 3.8) is 0 Å². The average molecular weight is 462 g/mol. The average Bonchev–Trinajstić information content (AvgIpc) is 3.29. The van der Waals surface area contributed by atoms with Crippen LogP contribution in [0.3, 0.4) is 0 Å². The van der Waals surface area contributed by atoms with Crippen molar-refractivity contribution < 1.29 is 4.79 Å². The molecule has 0 unspecified atom stereocenters. The van der Waals surface area contributed by atoms with E-state index in [1.54, 1.807) is 41.2 Å². The number of nitrogens with zero attached hydrogens (tertiary/aromatic N) is 6. The number of rotatable bonds is 5. The molecule has 5 rings (SSSR count). The molecule has 0 aliphatic carbocycles. The summed E-state index contributed by atoms with van der Waals surface area (Å²) in [6.07, 6.45) is 6.76. The lowest BCUT2D eigenvalue weighted by Crippen LogP contribution is -2.40. The fourth-order valence-corrected chi connectivity index (χ4v) is 4.24. The van der Waals surface area contributed by atoms with Crippen molar-refractivity contribution in [2.75, 3.05) is 23.7 Å². The number of piperidine rings is 1. The number of likely N-dealkylation sites (tertiary alicyclic amines) is 1. The van der Waals surface area contributed by atoms with Gasteiger partial charge in [-0.15, -0.1) is 0 Å². The minimum atomic E-state index is -0.143. The smallest absolute Gasteiger partial charge is 0.321 e. The topological polar surface area (TPSA) is 111 Å². The maximum Gasteiger partial charge on any atom is 0.321 e. The monoisotopic (exact) mass is 462 g/mol. The van der Waals surface area contributed by atoms with Gasteiger partial charge in [0.15, 0.2) is 0 Å². The third-order valence-corrected chi connectivity index (χ3v) is 6.18. The van der Waals surface area contributed by atoms with Crippen LogP contribution in [0.2, 0.25) is 0 Å². The molecule has 2 amide bonds. The van der Waals surface area contributed by atoms with Crippen LogP contribution in [0.1, 0.15) is 35.6 Å². The highest BCUT2D eigenvalue weighted by Gasteiger charge is 2.26. The van der Waals surface area contributed by atoms with Crippen LogP contribution in [0, 0.1) is 11.3 Å². The van der Waals surface area contributed by atoms with Crippen molar-refractivity contribution in [3.05, 3.63) is 77.9 Å². The Morgan fingerprint density at radius 3 is 2.69 bits per heavy atom. The summed E-state index contributed by atoms with van der Waals surface area (Å²) in [6.45, 7) is 1.83. The Balaban J connectivity index is 1.27. The van der Waals surface area contributed by atoms with Gasteiger partial charge in [0.25, 0.3) is 0 Å². The van der Waals surface area contributed by atoms with Gasteiger partial charge in [0.05, 0.1) is 11.6 Å². The molecule has 1 aliphatic heterocycles. The summed E-state index contributed by atoms with van der Waals surface area (Å²) in [5, 5.41) is 19.6. The van der Waals surface area contributed by atoms with Gasteiger partial charge in [0.2, 0.25) is 0 Å². The first kappa shape index (κ1) is 22.4. The number of carbonyl (C=O) groups excluding carboxylic acids is 1. The Morgan fingerprint density at radius 1 is 1.17 bits per heavy atom. The van der Waals surface area contributed by atoms with E-state index in [-0.39, 0.29) is 11.9 Å². The molecule has 2 radical (unpaired) electrons. The van der Waals surface area contributed by atoms with E-state index in [9.17, 15) is 4.79 Å². The van der Waals surface area contributed by atoms with Crippen LogP contribution < -0.4 is 16.1 Å². The minimum Gasteiger partial charge on any atom is -0.366 e. The SMILES string of the molecule is [B]c1cnn2c(NCc3cccnc3)cc(C3CCN(C(=O)Nc4ccc(C#N)cc4)CC3)nc12. The Hall–Kier alpha value is -4.39. The van der Waals surface area contributed by atoms with Crippen LogP contribution in [0.15, 0.2) is 61.1 Å². The van der Waals surface area contributed by atoms with Crippen LogP contribution in [-0.2, 0) is 6.54 Å². The highest BCUT2D eigenvalue weighted by Crippen LogP contribution is 2.29. The van der Waals surface area contributed by atoms with Crippen molar-refractivity contribution in [1.29, 1.82) is 5.26 Å². The number of hydrogen-bond donors (Lipinski definition) is 2. The summed E-state index contributed by atoms with van der Waals surface area (Å²) in [7, 11) is 6.14. The molecule has 1 saturated heterocycles. The van der Waals surface area contributed by atoms with Gasteiger partial charge in [-0.2, -0.15) is 14.9 Å². The summed E-state index contributed by atoms with van der Waals surface area (Å²) < 4.78 is 1.72. The van der Waals surface area contributed by atoms with Gasteiger partial charge in [-0.25, -0.2) is 9.78 Å². The fraction of sp³-hybridized carbons (Fsp3) is 0.240. The maximum atomic E-state index is 12.7. The number of urea groups is 1. The van der Waals surface area contributed by atoms with Crippen molar-refractivity contribution in [1.82, 2.24) is 24.5 Å². The van der Waals surface area contributed by atoms with Gasteiger partial charge in [-0.05, 0) is 54.2 Å². The third-order valence-electron chi connectivity index (χ3n) is 6.18. The van der Waals surface area contributed by atoms with E-state index in [0.717, 1.165) is 29.9 Å². The van der Waals surface area contributed by atoms with Crippen LogP contribution in [0.4, 0.5) is 16.3 Å². The number of aromatic nitrogens is 4. The van der Waals surface area contributed by atoms with Crippen LogP contribution in [0.25, 0.3) is 5.65 Å². The molecule has 0 saturated carbocycles. The summed E-state index contributed by atoms with van der Waals surface area (Å²) >= 11 is 0. The molecule has 172 valence electrons. The predicted molar refractivity (Wildman–Crippen MR) is 134 cm³/mol. The van der Waals surface area contributed by atoms with Crippen LogP contribution in [0.5, 0.6) is 0 Å². The van der Waals surface area contributed by atoms with Crippen molar-refractivity contribution >= 4 is 36.5 Å². The summed E-state index contributed by atoms with van der Waals surface area (Å²) in [5.41, 5.74) is 4.36. The lowest BCUT2D eigenvalue weighted by Gasteiger charge is -2.32. The van der Waals surface area contributed by atoms with Crippen molar-refractivity contribution in [2.45, 2.75) is 25.3 Å². The molecule has 9 nitrogen and oxygen atoms in total. The Morgan fingerprint density at radius 2 is 1.97 bits per heavy atom. The van der Waals surface area contributed by atoms with Crippen LogP contribution in [-0.4, -0.2) is 51.4 Å². The van der Waals surface area contributed by atoms with Gasteiger partial charge in [0.1, 0.15) is 19.3 Å². The van der Waals surface area contributed by atoms with Crippen molar-refractivity contribution in [3.8, 4) is 6.07 Å². The molecule has 0 spiro atoms. The Bertz CT molecular complexity index is 1370. The minimum absolute atomic E-state index is 0.143. The lowest BCUT2D eigenvalue weighted by atomic mass is 9.93. The number of nitrogens with one attached hydrogen (secondary N) is 2. The van der Waals surface area contributed by atoms with Gasteiger partial charge in [-0.1, -0.05) is 6.07 Å². The van der Waals surface area contributed by atoms with E-state index in [0.29, 0.717) is 42.0 Å². The molecule has 1 fully saturated rings. The second kappa shape index (κ2) is 9.85. The number of fused-ring (bicyclic) bond motifs is 1. The molecule has 4 heterocycles. The molecular weight excluding hydrogens is 439 g/mol. The molecule has 0 atom stereocenters. The van der Waals surface area contributed by atoms with Gasteiger partial charge in [-0.3, -0.25) is 4.98 Å². The van der Waals surface area contributed by atoms with Gasteiger partial charge >= 0.3 is 6.03 Å². The second-order valence-corrected chi connectivity index (χ2v) is 8.50. The first-order chi connectivity index (χ1) is 17.1. The summed E-state index contributed by atoms with van der Waals surface area (Å²) in [5.74, 6) is 1.01. The normalized spacial score (nSPS) is 14.0. The van der Waals surface area contributed by atoms with E-state index in [1.165, 1.54) is 0 Å². The zero-order chi connectivity index (χ0) is 24.2. The first-order valence-corrected chi connectivity index (χ1v) is 11.4. The largest absolute Gasteiger partial charge is 0.366 e. The Kier molecular flexibility index (Phi) is 6.31. The zero-order valence-electron chi connectivity index (χ0n) is 19.1. The quantitative estimate of drug-likeness (QED) is 0.442. The number of anilines is 2. The summed E-state index contributed by atoms with van der Waals surface area (Å²) in [4.78, 5) is 23.5. The molecule has 35 heavy (non-hydrogen) atoms. The first-order valence-electron chi connectivity index (χ1n) is 11.4. The lowest BCUT2D eigenvalue weighted by molar-refractivity contribution is 0.194. The number of pyridine rings is 1. The maximum absolute atomic E-state index is 12.7. The molecular formula is C25H23BN8O. The number of nitriles is 1. The van der Waals surface area contributed by atoms with E-state index < -0.39 is 0 Å². The summed E-state index contributed by atoms with van der Waals surface area (Å²) in [6, 6.07) is 14.7. The highest BCUT2D eigenvalue weighted by atomic mass is 16.2. The fourth-order valence-electron chi connectivity index (χ4n) is 4.24. The molecule has 3 aromatic heterocycles. The third kappa shape index (κ3) is 4.94. The number of amides is 2. The number of benzene rings is 1. The molecule has 1 aliphatic rings. The molecule has 2 N–H and O–H groups in total. The van der Waals surface area contributed by atoms with E-state index in [2.05, 4.69) is 26.8 Å². The molecule has 4 aromatic rings. The standard InChI is InChI=1S/C25H23BN8O/c26-21-16-30-34-23(29-15-18-2-1-9-28-14-18)12-22(32-24(21)34)19-7-10-33(11-8-19)25(35)31-20-5-3-17(13-27)4-6-20/h1-6,9,12,14,16,19,29H,7-8,10-11,15H2,(H,31,35). The van der Waals surface area contributed by atoms with E-state index >= 15 is 0 Å².